The number of hydrogen-bond acceptors (Lipinski definition) is 3. The lowest BCUT2D eigenvalue weighted by Crippen LogP contribution is -2.59. The topological polar surface area (TPSA) is 69.6 Å². The number of hydrogen-bond donors (Lipinski definition) is 3. The van der Waals surface area contributed by atoms with E-state index in [0.29, 0.717) is 6.42 Å². The van der Waals surface area contributed by atoms with Gasteiger partial charge in [0.25, 0.3) is 0 Å². The zero-order chi connectivity index (χ0) is 19.1. The third kappa shape index (κ3) is 4.57. The van der Waals surface area contributed by atoms with Gasteiger partial charge in [0.2, 0.25) is 5.91 Å². The third-order valence-corrected chi connectivity index (χ3v) is 5.42. The lowest BCUT2D eigenvalue weighted by molar-refractivity contribution is -0.131. The number of β-lactam (4-membered cyclic amide) rings is 1. The van der Waals surface area contributed by atoms with Gasteiger partial charge in [-0.1, -0.05) is 48.5 Å². The molecule has 0 aromatic heterocycles. The van der Waals surface area contributed by atoms with E-state index in [0.717, 1.165) is 49.7 Å². The minimum atomic E-state index is -0.426. The molecule has 0 bridgehead atoms. The van der Waals surface area contributed by atoms with Gasteiger partial charge in [0.15, 0.2) is 0 Å². The lowest BCUT2D eigenvalue weighted by atomic mass is 9.74. The molecule has 1 aliphatic rings. The number of aliphatic hydroxyl groups is 2. The summed E-state index contributed by atoms with van der Waals surface area (Å²) >= 11 is 0. The van der Waals surface area contributed by atoms with Crippen molar-refractivity contribution in [2.75, 3.05) is 13.2 Å². The summed E-state index contributed by atoms with van der Waals surface area (Å²) in [5.74, 6) is 0.0778. The van der Waals surface area contributed by atoms with Gasteiger partial charge in [0, 0.05) is 13.2 Å². The molecule has 3 N–H and O–H groups in total. The van der Waals surface area contributed by atoms with Crippen molar-refractivity contribution in [1.29, 1.82) is 0 Å². The zero-order valence-electron chi connectivity index (χ0n) is 15.8. The molecule has 1 fully saturated rings. The molecular formula is C23H29NO3. The van der Waals surface area contributed by atoms with E-state index in [-0.39, 0.29) is 19.1 Å². The van der Waals surface area contributed by atoms with Gasteiger partial charge in [0.1, 0.15) is 0 Å². The summed E-state index contributed by atoms with van der Waals surface area (Å²) in [6.07, 6.45) is 6.01. The molecule has 0 aliphatic carbocycles. The Morgan fingerprint density at radius 1 is 0.741 bits per heavy atom. The first-order valence-electron chi connectivity index (χ1n) is 9.89. The largest absolute Gasteiger partial charge is 0.396 e. The fourth-order valence-corrected chi connectivity index (χ4v) is 3.77. The molecule has 0 spiro atoms. The highest BCUT2D eigenvalue weighted by Crippen LogP contribution is 2.39. The van der Waals surface area contributed by atoms with Crippen LogP contribution in [-0.2, 0) is 23.2 Å². The molecule has 3 rings (SSSR count). The summed E-state index contributed by atoms with van der Waals surface area (Å²) in [5.41, 5.74) is 4.31. The summed E-state index contributed by atoms with van der Waals surface area (Å²) in [5, 5.41) is 21.0. The van der Waals surface area contributed by atoms with E-state index in [1.165, 1.54) is 11.1 Å². The van der Waals surface area contributed by atoms with Crippen molar-refractivity contribution in [1.82, 2.24) is 5.32 Å². The van der Waals surface area contributed by atoms with Crippen LogP contribution in [0.2, 0.25) is 0 Å². The number of amides is 1. The maximum Gasteiger partial charge on any atom is 0.224 e. The standard InChI is InChI=1S/C23H29NO3/c25-15-3-1-5-18-7-11-20(12-8-18)23(17-22(27)24-23)21-13-9-19(10-14-21)6-2-4-16-26/h7-14,25-26H,1-6,15-17H2,(H,24,27). The molecule has 0 unspecified atom stereocenters. The lowest BCUT2D eigenvalue weighted by Gasteiger charge is -2.43. The van der Waals surface area contributed by atoms with Crippen molar-refractivity contribution in [3.05, 3.63) is 70.8 Å². The Bertz CT molecular complexity index is 674. The van der Waals surface area contributed by atoms with Crippen molar-refractivity contribution in [2.45, 2.75) is 50.5 Å². The van der Waals surface area contributed by atoms with Gasteiger partial charge in [-0.25, -0.2) is 0 Å². The maximum absolute atomic E-state index is 11.8. The smallest absolute Gasteiger partial charge is 0.224 e. The Labute approximate surface area is 161 Å². The number of unbranched alkanes of at least 4 members (excludes halogenated alkanes) is 2. The minimum Gasteiger partial charge on any atom is -0.396 e. The van der Waals surface area contributed by atoms with Crippen LogP contribution in [0, 0.1) is 0 Å². The van der Waals surface area contributed by atoms with E-state index in [2.05, 4.69) is 53.8 Å². The molecule has 2 aromatic carbocycles. The number of carbonyl (C=O) groups excluding carboxylic acids is 1. The van der Waals surface area contributed by atoms with E-state index in [9.17, 15) is 4.79 Å². The minimum absolute atomic E-state index is 0.0778. The fourth-order valence-electron chi connectivity index (χ4n) is 3.77. The molecule has 1 amide bonds. The average Bonchev–Trinajstić information content (AvgIpc) is 2.67. The molecule has 1 aliphatic heterocycles. The van der Waals surface area contributed by atoms with Gasteiger partial charge in [-0.05, 0) is 60.8 Å². The predicted octanol–water partition coefficient (Wildman–Crippen LogP) is 3.08. The SMILES string of the molecule is O=C1CC(c2ccc(CCCCO)cc2)(c2ccc(CCCCO)cc2)N1. The molecule has 1 heterocycles. The Morgan fingerprint density at radius 2 is 1.15 bits per heavy atom. The van der Waals surface area contributed by atoms with Crippen LogP contribution in [0.15, 0.2) is 48.5 Å². The molecule has 4 heteroatoms. The van der Waals surface area contributed by atoms with Crippen LogP contribution in [0.1, 0.15) is 54.4 Å². The molecule has 144 valence electrons. The van der Waals surface area contributed by atoms with E-state index in [1.807, 2.05) is 0 Å². The fraction of sp³-hybridized carbons (Fsp3) is 0.435. The molecule has 0 atom stereocenters. The van der Waals surface area contributed by atoms with Gasteiger partial charge in [-0.15, -0.1) is 0 Å². The van der Waals surface area contributed by atoms with E-state index < -0.39 is 5.54 Å². The normalized spacial score (nSPS) is 15.3. The van der Waals surface area contributed by atoms with Crippen LogP contribution in [0.25, 0.3) is 0 Å². The van der Waals surface area contributed by atoms with E-state index in [1.54, 1.807) is 0 Å². The van der Waals surface area contributed by atoms with Gasteiger partial charge < -0.3 is 15.5 Å². The maximum atomic E-state index is 11.8. The Balaban J connectivity index is 1.74. The van der Waals surface area contributed by atoms with Crippen LogP contribution >= 0.6 is 0 Å². The molecular weight excluding hydrogens is 338 g/mol. The van der Waals surface area contributed by atoms with E-state index in [4.69, 9.17) is 10.2 Å². The number of aryl methyl sites for hydroxylation is 2. The summed E-state index contributed by atoms with van der Waals surface area (Å²) in [6, 6.07) is 17.0. The monoisotopic (exact) mass is 367 g/mol. The summed E-state index contributed by atoms with van der Waals surface area (Å²) in [4.78, 5) is 11.8. The first-order valence-corrected chi connectivity index (χ1v) is 9.89. The van der Waals surface area contributed by atoms with Crippen molar-refractivity contribution in [3.63, 3.8) is 0 Å². The number of carbonyl (C=O) groups is 1. The van der Waals surface area contributed by atoms with Crippen LogP contribution in [0.4, 0.5) is 0 Å². The van der Waals surface area contributed by atoms with Gasteiger partial charge in [0.05, 0.1) is 12.0 Å². The highest BCUT2D eigenvalue weighted by Gasteiger charge is 2.45. The van der Waals surface area contributed by atoms with Crippen molar-refractivity contribution in [3.8, 4) is 0 Å². The van der Waals surface area contributed by atoms with Crippen molar-refractivity contribution in [2.24, 2.45) is 0 Å². The first kappa shape index (κ1) is 19.6. The van der Waals surface area contributed by atoms with Crippen LogP contribution in [0.5, 0.6) is 0 Å². The summed E-state index contributed by atoms with van der Waals surface area (Å²) < 4.78 is 0. The highest BCUT2D eigenvalue weighted by molar-refractivity contribution is 5.87. The first-order chi connectivity index (χ1) is 13.2. The molecule has 0 radical (unpaired) electrons. The van der Waals surface area contributed by atoms with Crippen molar-refractivity contribution >= 4 is 5.91 Å². The van der Waals surface area contributed by atoms with Crippen molar-refractivity contribution < 1.29 is 15.0 Å². The predicted molar refractivity (Wildman–Crippen MR) is 106 cm³/mol. The number of aliphatic hydroxyl groups excluding tert-OH is 2. The van der Waals surface area contributed by atoms with Crippen LogP contribution in [0.3, 0.4) is 0 Å². The van der Waals surface area contributed by atoms with Gasteiger partial charge in [-0.2, -0.15) is 0 Å². The van der Waals surface area contributed by atoms with Gasteiger partial charge >= 0.3 is 0 Å². The average molecular weight is 367 g/mol. The Kier molecular flexibility index (Phi) is 6.64. The molecule has 4 nitrogen and oxygen atoms in total. The zero-order valence-corrected chi connectivity index (χ0v) is 15.8. The number of nitrogens with one attached hydrogen (secondary N) is 1. The second kappa shape index (κ2) is 9.16. The highest BCUT2D eigenvalue weighted by atomic mass is 16.3. The summed E-state index contributed by atoms with van der Waals surface area (Å²) in [6.45, 7) is 0.479. The molecule has 2 aromatic rings. The molecule has 0 saturated carbocycles. The number of benzene rings is 2. The second-order valence-corrected chi connectivity index (χ2v) is 7.39. The van der Waals surface area contributed by atoms with Gasteiger partial charge in [-0.3, -0.25) is 4.79 Å². The molecule has 1 saturated heterocycles. The Morgan fingerprint density at radius 3 is 1.48 bits per heavy atom. The Hall–Kier alpha value is -2.17. The quantitative estimate of drug-likeness (QED) is 0.446. The third-order valence-electron chi connectivity index (χ3n) is 5.42. The second-order valence-electron chi connectivity index (χ2n) is 7.39. The van der Waals surface area contributed by atoms with Crippen LogP contribution < -0.4 is 5.32 Å². The van der Waals surface area contributed by atoms with E-state index >= 15 is 0 Å². The number of rotatable bonds is 10. The van der Waals surface area contributed by atoms with Crippen LogP contribution in [-0.4, -0.2) is 29.3 Å². The summed E-state index contributed by atoms with van der Waals surface area (Å²) in [7, 11) is 0. The molecule has 27 heavy (non-hydrogen) atoms.